The van der Waals surface area contributed by atoms with E-state index in [9.17, 15) is 4.79 Å². The largest absolute Gasteiger partial charge is 0.466 e. The van der Waals surface area contributed by atoms with Crippen molar-refractivity contribution in [3.05, 3.63) is 47.2 Å². The zero-order valence-electron chi connectivity index (χ0n) is 16.5. The van der Waals surface area contributed by atoms with E-state index in [1.54, 1.807) is 0 Å². The molecule has 148 valence electrons. The van der Waals surface area contributed by atoms with E-state index in [-0.39, 0.29) is 5.97 Å². The molecule has 2 aliphatic carbocycles. The van der Waals surface area contributed by atoms with Gasteiger partial charge in [-0.25, -0.2) is 4.98 Å². The lowest BCUT2D eigenvalue weighted by Crippen LogP contribution is -2.07. The zero-order valence-corrected chi connectivity index (χ0v) is 17.3. The molecule has 0 aliphatic heterocycles. The highest BCUT2D eigenvalue weighted by Crippen LogP contribution is 2.38. The number of aryl methyl sites for hydroxylation is 1. The number of ether oxygens (including phenoxy) is 1. The van der Waals surface area contributed by atoms with Crippen LogP contribution in [0, 0.1) is 0 Å². The Morgan fingerprint density at radius 2 is 1.96 bits per heavy atom. The maximum atomic E-state index is 11.6. The second-order valence-electron chi connectivity index (χ2n) is 7.61. The molecular weight excluding hydrogens is 368 g/mol. The number of carbonyl (C=O) groups excluding carboxylic acids is 1. The molecule has 5 heteroatoms. The lowest BCUT2D eigenvalue weighted by molar-refractivity contribution is -0.142. The van der Waals surface area contributed by atoms with Crippen molar-refractivity contribution in [2.75, 3.05) is 11.9 Å². The molecule has 0 spiro atoms. The van der Waals surface area contributed by atoms with Gasteiger partial charge in [-0.2, -0.15) is 0 Å². The predicted octanol–water partition coefficient (Wildman–Crippen LogP) is 5.45. The SMILES string of the molecule is CCOC(=O)Cc1ccc(Nc2cc(SC3CCCC3)nc3c2CCC3)cc1. The maximum absolute atomic E-state index is 11.6. The van der Waals surface area contributed by atoms with Gasteiger partial charge in [0.15, 0.2) is 0 Å². The number of esters is 1. The Morgan fingerprint density at radius 3 is 2.71 bits per heavy atom. The highest BCUT2D eigenvalue weighted by atomic mass is 32.2. The van der Waals surface area contributed by atoms with Crippen LogP contribution in [0.3, 0.4) is 0 Å². The second kappa shape index (κ2) is 8.99. The molecular formula is C23H28N2O2S. The van der Waals surface area contributed by atoms with Crippen LogP contribution in [-0.2, 0) is 28.8 Å². The highest BCUT2D eigenvalue weighted by Gasteiger charge is 2.21. The summed E-state index contributed by atoms with van der Waals surface area (Å²) in [7, 11) is 0. The van der Waals surface area contributed by atoms with Crippen LogP contribution < -0.4 is 5.32 Å². The van der Waals surface area contributed by atoms with Crippen LogP contribution in [0.4, 0.5) is 11.4 Å². The average Bonchev–Trinajstić information content (AvgIpc) is 3.35. The van der Waals surface area contributed by atoms with Crippen LogP contribution in [0.5, 0.6) is 0 Å². The Morgan fingerprint density at radius 1 is 1.18 bits per heavy atom. The number of benzene rings is 1. The number of nitrogens with zero attached hydrogens (tertiary/aromatic N) is 1. The van der Waals surface area contributed by atoms with Gasteiger partial charge < -0.3 is 10.1 Å². The molecule has 1 heterocycles. The van der Waals surface area contributed by atoms with Gasteiger partial charge in [0, 0.05) is 22.3 Å². The minimum atomic E-state index is -0.177. The third kappa shape index (κ3) is 4.69. The summed E-state index contributed by atoms with van der Waals surface area (Å²) < 4.78 is 5.03. The van der Waals surface area contributed by atoms with Crippen LogP contribution in [0.25, 0.3) is 0 Å². The Hall–Kier alpha value is -2.01. The summed E-state index contributed by atoms with van der Waals surface area (Å²) in [5.74, 6) is -0.177. The first-order valence-corrected chi connectivity index (χ1v) is 11.3. The van der Waals surface area contributed by atoms with Gasteiger partial charge in [-0.1, -0.05) is 25.0 Å². The van der Waals surface area contributed by atoms with Crippen LogP contribution >= 0.6 is 11.8 Å². The molecule has 2 aromatic rings. The Labute approximate surface area is 171 Å². The number of anilines is 2. The van der Waals surface area contributed by atoms with E-state index in [1.165, 1.54) is 49.0 Å². The topological polar surface area (TPSA) is 51.2 Å². The molecule has 1 saturated carbocycles. The predicted molar refractivity (Wildman–Crippen MR) is 114 cm³/mol. The summed E-state index contributed by atoms with van der Waals surface area (Å²) in [4.78, 5) is 16.6. The van der Waals surface area contributed by atoms with Gasteiger partial charge in [0.1, 0.15) is 0 Å². The molecule has 1 N–H and O–H groups in total. The van der Waals surface area contributed by atoms with E-state index >= 15 is 0 Å². The van der Waals surface area contributed by atoms with Gasteiger partial charge >= 0.3 is 5.97 Å². The molecule has 0 radical (unpaired) electrons. The molecule has 4 rings (SSSR count). The van der Waals surface area contributed by atoms with E-state index < -0.39 is 0 Å². The van der Waals surface area contributed by atoms with Gasteiger partial charge in [-0.05, 0) is 68.4 Å². The highest BCUT2D eigenvalue weighted by molar-refractivity contribution is 7.99. The fourth-order valence-electron chi connectivity index (χ4n) is 4.11. The molecule has 28 heavy (non-hydrogen) atoms. The quantitative estimate of drug-likeness (QED) is 0.630. The third-order valence-corrected chi connectivity index (χ3v) is 6.76. The number of fused-ring (bicyclic) bond motifs is 1. The van der Waals surface area contributed by atoms with Crippen molar-refractivity contribution in [2.24, 2.45) is 0 Å². The summed E-state index contributed by atoms with van der Waals surface area (Å²) in [6.07, 6.45) is 9.02. The van der Waals surface area contributed by atoms with Crippen LogP contribution in [0.15, 0.2) is 35.4 Å². The smallest absolute Gasteiger partial charge is 0.310 e. The van der Waals surface area contributed by atoms with Crippen LogP contribution in [0.2, 0.25) is 0 Å². The number of hydrogen-bond acceptors (Lipinski definition) is 5. The van der Waals surface area contributed by atoms with Crippen molar-refractivity contribution in [3.8, 4) is 0 Å². The standard InChI is InChI=1S/C23H28N2O2S/c1-2-27-23(26)14-16-10-12-17(13-11-16)24-21-15-22(28-18-6-3-4-7-18)25-20-9-5-8-19(20)21/h10-13,15,18H,2-9,14H2,1H3,(H,24,25). The van der Waals surface area contributed by atoms with E-state index in [4.69, 9.17) is 9.72 Å². The fraction of sp³-hybridized carbons (Fsp3) is 0.478. The molecule has 0 bridgehead atoms. The molecule has 2 aliphatic rings. The number of pyridine rings is 1. The summed E-state index contributed by atoms with van der Waals surface area (Å²) in [5, 5.41) is 5.49. The molecule has 1 aromatic carbocycles. The van der Waals surface area contributed by atoms with E-state index in [2.05, 4.69) is 11.4 Å². The van der Waals surface area contributed by atoms with E-state index in [0.717, 1.165) is 34.4 Å². The average molecular weight is 397 g/mol. The number of nitrogens with one attached hydrogen (secondary N) is 1. The van der Waals surface area contributed by atoms with Crippen molar-refractivity contribution >= 4 is 29.1 Å². The van der Waals surface area contributed by atoms with Crippen molar-refractivity contribution in [3.63, 3.8) is 0 Å². The second-order valence-corrected chi connectivity index (χ2v) is 8.94. The van der Waals surface area contributed by atoms with Gasteiger partial charge in [0.25, 0.3) is 0 Å². The van der Waals surface area contributed by atoms with Crippen molar-refractivity contribution in [1.82, 2.24) is 4.98 Å². The van der Waals surface area contributed by atoms with Crippen molar-refractivity contribution < 1.29 is 9.53 Å². The Bertz CT molecular complexity index is 829. The van der Waals surface area contributed by atoms with Gasteiger partial charge in [-0.15, -0.1) is 11.8 Å². The first-order valence-electron chi connectivity index (χ1n) is 10.4. The molecule has 1 aromatic heterocycles. The zero-order chi connectivity index (χ0) is 19.3. The van der Waals surface area contributed by atoms with E-state index in [1.807, 2.05) is 43.0 Å². The van der Waals surface area contributed by atoms with Gasteiger partial charge in [0.05, 0.1) is 18.1 Å². The molecule has 0 atom stereocenters. The summed E-state index contributed by atoms with van der Waals surface area (Å²) in [6, 6.07) is 10.3. The molecule has 0 amide bonds. The lowest BCUT2D eigenvalue weighted by atomic mass is 10.1. The number of thioether (sulfide) groups is 1. The number of aromatic nitrogens is 1. The van der Waals surface area contributed by atoms with Crippen molar-refractivity contribution in [1.29, 1.82) is 0 Å². The maximum Gasteiger partial charge on any atom is 0.310 e. The van der Waals surface area contributed by atoms with Crippen LogP contribution in [0.1, 0.15) is 55.8 Å². The summed E-state index contributed by atoms with van der Waals surface area (Å²) >= 11 is 1.95. The van der Waals surface area contributed by atoms with Gasteiger partial charge in [0.2, 0.25) is 0 Å². The van der Waals surface area contributed by atoms with Crippen molar-refractivity contribution in [2.45, 2.75) is 68.6 Å². The minimum absolute atomic E-state index is 0.177. The first-order chi connectivity index (χ1) is 13.7. The summed E-state index contributed by atoms with van der Waals surface area (Å²) in [5.41, 5.74) is 5.85. The monoisotopic (exact) mass is 396 g/mol. The third-order valence-electron chi connectivity index (χ3n) is 5.50. The molecule has 0 saturated heterocycles. The van der Waals surface area contributed by atoms with E-state index in [0.29, 0.717) is 13.0 Å². The number of carbonyl (C=O) groups is 1. The Balaban J connectivity index is 1.49. The fourth-order valence-corrected chi connectivity index (χ4v) is 5.37. The molecule has 4 nitrogen and oxygen atoms in total. The number of rotatable bonds is 7. The minimum Gasteiger partial charge on any atom is -0.466 e. The summed E-state index contributed by atoms with van der Waals surface area (Å²) in [6.45, 7) is 2.25. The molecule has 1 fully saturated rings. The van der Waals surface area contributed by atoms with Gasteiger partial charge in [-0.3, -0.25) is 4.79 Å². The lowest BCUT2D eigenvalue weighted by Gasteiger charge is -2.15. The first kappa shape index (κ1) is 19.3. The number of hydrogen-bond donors (Lipinski definition) is 1. The molecule has 0 unspecified atom stereocenters. The normalized spacial score (nSPS) is 16.2. The van der Waals surface area contributed by atoms with Crippen LogP contribution in [-0.4, -0.2) is 22.8 Å². The Kier molecular flexibility index (Phi) is 6.20.